The van der Waals surface area contributed by atoms with E-state index >= 15 is 0 Å². The van der Waals surface area contributed by atoms with Crippen LogP contribution in [0.2, 0.25) is 0 Å². The van der Waals surface area contributed by atoms with Crippen LogP contribution in [0.15, 0.2) is 30.3 Å². The Hall–Kier alpha value is -1.44. The number of carbonyl (C=O) groups is 2. The number of rotatable bonds is 15. The van der Waals surface area contributed by atoms with E-state index in [4.69, 9.17) is 0 Å². The Kier molecular flexibility index (Phi) is 12.0. The first-order chi connectivity index (χ1) is 11.7. The number of unbranched alkanes of at least 4 members (excludes halogenated alkanes) is 9. The zero-order valence-electron chi connectivity index (χ0n) is 15.4. The van der Waals surface area contributed by atoms with Gasteiger partial charge in [-0.05, 0) is 12.0 Å². The molecule has 0 saturated carbocycles. The van der Waals surface area contributed by atoms with E-state index in [1.165, 1.54) is 51.4 Å². The molecule has 0 heterocycles. The van der Waals surface area contributed by atoms with Gasteiger partial charge in [0, 0.05) is 12.8 Å². The maximum atomic E-state index is 11.9. The predicted molar refractivity (Wildman–Crippen MR) is 101 cm³/mol. The third-order valence-corrected chi connectivity index (χ3v) is 4.45. The summed E-state index contributed by atoms with van der Waals surface area (Å²) < 4.78 is 0. The van der Waals surface area contributed by atoms with Crippen molar-refractivity contribution in [1.29, 1.82) is 0 Å². The van der Waals surface area contributed by atoms with Crippen molar-refractivity contribution >= 4 is 11.6 Å². The van der Waals surface area contributed by atoms with Crippen molar-refractivity contribution in [3.05, 3.63) is 35.9 Å². The number of hydrogen-bond donors (Lipinski definition) is 0. The molecule has 1 aromatic carbocycles. The molecule has 0 spiro atoms. The Morgan fingerprint density at radius 1 is 0.708 bits per heavy atom. The maximum absolute atomic E-state index is 11.9. The molecule has 0 aliphatic rings. The lowest BCUT2D eigenvalue weighted by molar-refractivity contribution is -0.126. The molecule has 0 radical (unpaired) electrons. The summed E-state index contributed by atoms with van der Waals surface area (Å²) in [5.41, 5.74) is 0.995. The van der Waals surface area contributed by atoms with Crippen molar-refractivity contribution in [3.63, 3.8) is 0 Å². The van der Waals surface area contributed by atoms with Crippen LogP contribution < -0.4 is 0 Å². The van der Waals surface area contributed by atoms with E-state index in [0.29, 0.717) is 12.8 Å². The van der Waals surface area contributed by atoms with Crippen LogP contribution in [-0.4, -0.2) is 11.6 Å². The zero-order chi connectivity index (χ0) is 17.5. The minimum atomic E-state index is 0.0401. The lowest BCUT2D eigenvalue weighted by Crippen LogP contribution is -2.10. The van der Waals surface area contributed by atoms with E-state index in [2.05, 4.69) is 6.92 Å². The molecule has 2 nitrogen and oxygen atoms in total. The first-order valence-electron chi connectivity index (χ1n) is 9.79. The van der Waals surface area contributed by atoms with Gasteiger partial charge in [0.25, 0.3) is 0 Å². The minimum absolute atomic E-state index is 0.0401. The summed E-state index contributed by atoms with van der Waals surface area (Å²) >= 11 is 0. The van der Waals surface area contributed by atoms with Gasteiger partial charge >= 0.3 is 0 Å². The van der Waals surface area contributed by atoms with Gasteiger partial charge in [0.15, 0.2) is 0 Å². The summed E-state index contributed by atoms with van der Waals surface area (Å²) in [5.74, 6) is 0.147. The van der Waals surface area contributed by atoms with Gasteiger partial charge < -0.3 is 0 Å². The second-order valence-corrected chi connectivity index (χ2v) is 6.85. The molecule has 0 aromatic heterocycles. The fraction of sp³-hybridized carbons (Fsp3) is 0.636. The standard InChI is InChI=1S/C22H34O2/c1-2-3-4-5-6-7-8-9-10-14-17-21(23)19-22(24)18-20-15-12-11-13-16-20/h11-13,15-16H,2-10,14,17-19H2,1H3. The summed E-state index contributed by atoms with van der Waals surface area (Å²) in [7, 11) is 0. The third-order valence-electron chi connectivity index (χ3n) is 4.45. The van der Waals surface area contributed by atoms with E-state index in [1.54, 1.807) is 0 Å². The average molecular weight is 331 g/mol. The van der Waals surface area contributed by atoms with Crippen LogP contribution in [-0.2, 0) is 16.0 Å². The largest absolute Gasteiger partial charge is 0.299 e. The monoisotopic (exact) mass is 330 g/mol. The maximum Gasteiger partial charge on any atom is 0.144 e. The minimum Gasteiger partial charge on any atom is -0.299 e. The van der Waals surface area contributed by atoms with Crippen molar-refractivity contribution in [2.75, 3.05) is 0 Å². The molecule has 2 heteroatoms. The Morgan fingerprint density at radius 3 is 1.83 bits per heavy atom. The van der Waals surface area contributed by atoms with E-state index in [0.717, 1.165) is 18.4 Å². The SMILES string of the molecule is CCCCCCCCCCCCC(=O)CC(=O)Cc1ccccc1. The summed E-state index contributed by atoms with van der Waals surface area (Å²) in [6.45, 7) is 2.25. The quantitative estimate of drug-likeness (QED) is 0.289. The molecule has 0 bridgehead atoms. The number of Topliss-reactive ketones (excluding diaryl/α,β-unsaturated/α-hetero) is 2. The first-order valence-corrected chi connectivity index (χ1v) is 9.79. The lowest BCUT2D eigenvalue weighted by atomic mass is 10.0. The van der Waals surface area contributed by atoms with E-state index < -0.39 is 0 Å². The Morgan fingerprint density at radius 2 is 1.25 bits per heavy atom. The normalized spacial score (nSPS) is 10.7. The Balaban J connectivity index is 1.95. The van der Waals surface area contributed by atoms with Gasteiger partial charge in [0.2, 0.25) is 0 Å². The fourth-order valence-corrected chi connectivity index (χ4v) is 3.00. The highest BCUT2D eigenvalue weighted by molar-refractivity contribution is 5.99. The van der Waals surface area contributed by atoms with Crippen LogP contribution in [0.1, 0.15) is 89.5 Å². The highest BCUT2D eigenvalue weighted by atomic mass is 16.1. The molecule has 1 rings (SSSR count). The number of carbonyl (C=O) groups excluding carboxylic acids is 2. The zero-order valence-corrected chi connectivity index (χ0v) is 15.4. The number of ketones is 2. The molecule has 0 saturated heterocycles. The fourth-order valence-electron chi connectivity index (χ4n) is 3.00. The predicted octanol–water partition coefficient (Wildman–Crippen LogP) is 6.07. The summed E-state index contributed by atoms with van der Waals surface area (Å²) in [5, 5.41) is 0. The smallest absolute Gasteiger partial charge is 0.144 e. The molecule has 0 aliphatic heterocycles. The van der Waals surface area contributed by atoms with Gasteiger partial charge in [-0.15, -0.1) is 0 Å². The van der Waals surface area contributed by atoms with Gasteiger partial charge in [-0.1, -0.05) is 95.0 Å². The molecule has 0 atom stereocenters. The van der Waals surface area contributed by atoms with Gasteiger partial charge in [-0.3, -0.25) is 9.59 Å². The van der Waals surface area contributed by atoms with E-state index in [-0.39, 0.29) is 18.0 Å². The van der Waals surface area contributed by atoms with Gasteiger partial charge in [0.1, 0.15) is 11.6 Å². The molecular formula is C22H34O2. The van der Waals surface area contributed by atoms with Crippen molar-refractivity contribution in [2.24, 2.45) is 0 Å². The average Bonchev–Trinajstić information content (AvgIpc) is 2.57. The van der Waals surface area contributed by atoms with Crippen molar-refractivity contribution in [2.45, 2.75) is 90.4 Å². The third kappa shape index (κ3) is 11.2. The molecule has 0 fully saturated rings. The number of hydrogen-bond acceptors (Lipinski definition) is 2. The second kappa shape index (κ2) is 13.9. The van der Waals surface area contributed by atoms with Crippen LogP contribution in [0.4, 0.5) is 0 Å². The molecule has 0 amide bonds. The summed E-state index contributed by atoms with van der Waals surface area (Å²) in [6.07, 6.45) is 13.7. The van der Waals surface area contributed by atoms with E-state index in [9.17, 15) is 9.59 Å². The highest BCUT2D eigenvalue weighted by Crippen LogP contribution is 2.12. The molecule has 0 N–H and O–H groups in total. The lowest BCUT2D eigenvalue weighted by Gasteiger charge is -2.03. The van der Waals surface area contributed by atoms with Crippen molar-refractivity contribution in [3.8, 4) is 0 Å². The molecule has 1 aromatic rings. The van der Waals surface area contributed by atoms with Gasteiger partial charge in [-0.25, -0.2) is 0 Å². The van der Waals surface area contributed by atoms with E-state index in [1.807, 2.05) is 30.3 Å². The van der Waals surface area contributed by atoms with Crippen LogP contribution in [0, 0.1) is 0 Å². The first kappa shape index (κ1) is 20.6. The van der Waals surface area contributed by atoms with Crippen molar-refractivity contribution in [1.82, 2.24) is 0 Å². The topological polar surface area (TPSA) is 34.1 Å². The summed E-state index contributed by atoms with van der Waals surface area (Å²) in [4.78, 5) is 23.7. The van der Waals surface area contributed by atoms with Crippen LogP contribution >= 0.6 is 0 Å². The Bertz CT molecular complexity index is 450. The second-order valence-electron chi connectivity index (χ2n) is 6.85. The molecule has 134 valence electrons. The molecule has 0 aliphatic carbocycles. The Labute approximate surface area is 148 Å². The van der Waals surface area contributed by atoms with Gasteiger partial charge in [0.05, 0.1) is 6.42 Å². The molecule has 0 unspecified atom stereocenters. The highest BCUT2D eigenvalue weighted by Gasteiger charge is 2.10. The van der Waals surface area contributed by atoms with Crippen LogP contribution in [0.25, 0.3) is 0 Å². The molecule has 24 heavy (non-hydrogen) atoms. The van der Waals surface area contributed by atoms with Crippen LogP contribution in [0.5, 0.6) is 0 Å². The van der Waals surface area contributed by atoms with Gasteiger partial charge in [-0.2, -0.15) is 0 Å². The summed E-state index contributed by atoms with van der Waals surface area (Å²) in [6, 6.07) is 9.65. The molecular weight excluding hydrogens is 296 g/mol. The number of benzene rings is 1. The van der Waals surface area contributed by atoms with Crippen molar-refractivity contribution < 1.29 is 9.59 Å². The van der Waals surface area contributed by atoms with Crippen LogP contribution in [0.3, 0.4) is 0 Å².